The van der Waals surface area contributed by atoms with Crippen LogP contribution in [0.15, 0.2) is 36.5 Å². The molecule has 1 amide bonds. The van der Waals surface area contributed by atoms with Gasteiger partial charge < -0.3 is 10.2 Å². The van der Waals surface area contributed by atoms with Crippen molar-refractivity contribution in [2.24, 2.45) is 0 Å². The maximum atomic E-state index is 10.9. The summed E-state index contributed by atoms with van der Waals surface area (Å²) in [6.45, 7) is 6.91. The van der Waals surface area contributed by atoms with Crippen molar-refractivity contribution in [3.05, 3.63) is 52.8 Å². The number of carbonyl (C=O) groups is 1. The molecule has 2 aromatic rings. The first-order valence-corrected chi connectivity index (χ1v) is 9.26. The number of piperazine rings is 1. The number of carbonyl (C=O) groups excluding carboxylic acids is 1. The van der Waals surface area contributed by atoms with E-state index in [0.717, 1.165) is 39.1 Å². The first-order valence-electron chi connectivity index (χ1n) is 8.88. The van der Waals surface area contributed by atoms with E-state index in [-0.39, 0.29) is 5.91 Å². The van der Waals surface area contributed by atoms with Crippen molar-refractivity contribution in [2.45, 2.75) is 19.9 Å². The van der Waals surface area contributed by atoms with Crippen molar-refractivity contribution in [1.82, 2.24) is 20.2 Å². The minimum absolute atomic E-state index is 0.0175. The summed E-state index contributed by atoms with van der Waals surface area (Å²) in [6.07, 6.45) is 2.56. The number of amides is 1. The van der Waals surface area contributed by atoms with Crippen molar-refractivity contribution in [3.8, 4) is 0 Å². The smallest absolute Gasteiger partial charge is 0.226 e. The van der Waals surface area contributed by atoms with E-state index in [0.29, 0.717) is 17.6 Å². The number of benzene rings is 1. The Morgan fingerprint density at radius 2 is 1.81 bits per heavy atom. The van der Waals surface area contributed by atoms with Crippen molar-refractivity contribution >= 4 is 23.5 Å². The average Bonchev–Trinajstić information content (AvgIpc) is 2.63. The van der Waals surface area contributed by atoms with Gasteiger partial charge in [-0.2, -0.15) is 0 Å². The lowest BCUT2D eigenvalue weighted by atomic mass is 10.1. The Labute approximate surface area is 159 Å². The van der Waals surface area contributed by atoms with Gasteiger partial charge in [0, 0.05) is 52.4 Å². The van der Waals surface area contributed by atoms with Crippen LogP contribution >= 0.6 is 11.6 Å². The minimum Gasteiger partial charge on any atom is -0.356 e. The SMILES string of the molecule is CC(=O)NCCc1ccc(CN2CCN(c3nccc(Cl)n3)CC2)cc1. The molecule has 26 heavy (non-hydrogen) atoms. The van der Waals surface area contributed by atoms with Gasteiger partial charge in [0.05, 0.1) is 0 Å². The Morgan fingerprint density at radius 1 is 1.12 bits per heavy atom. The van der Waals surface area contributed by atoms with Crippen LogP contribution in [0.2, 0.25) is 5.15 Å². The zero-order chi connectivity index (χ0) is 18.4. The Bertz CT molecular complexity index is 729. The number of nitrogens with zero attached hydrogens (tertiary/aromatic N) is 4. The van der Waals surface area contributed by atoms with Gasteiger partial charge in [-0.25, -0.2) is 9.97 Å². The van der Waals surface area contributed by atoms with Gasteiger partial charge in [0.1, 0.15) is 5.15 Å². The van der Waals surface area contributed by atoms with E-state index in [1.165, 1.54) is 11.1 Å². The molecule has 1 aliphatic rings. The summed E-state index contributed by atoms with van der Waals surface area (Å²) in [5, 5.41) is 3.31. The van der Waals surface area contributed by atoms with Crippen LogP contribution in [0, 0.1) is 0 Å². The van der Waals surface area contributed by atoms with Crippen LogP contribution < -0.4 is 10.2 Å². The standard InChI is InChI=1S/C19H24ClN5O/c1-15(26)21-8-6-16-2-4-17(5-3-16)14-24-10-12-25(13-11-24)19-22-9-7-18(20)23-19/h2-5,7,9H,6,8,10-14H2,1H3,(H,21,26). The van der Waals surface area contributed by atoms with Crippen molar-refractivity contribution in [2.75, 3.05) is 37.6 Å². The summed E-state index contributed by atoms with van der Waals surface area (Å²) >= 11 is 5.95. The highest BCUT2D eigenvalue weighted by atomic mass is 35.5. The molecule has 0 unspecified atom stereocenters. The molecule has 1 aromatic heterocycles. The number of nitrogens with one attached hydrogen (secondary N) is 1. The van der Waals surface area contributed by atoms with Gasteiger partial charge in [0.2, 0.25) is 11.9 Å². The Balaban J connectivity index is 1.46. The molecule has 1 aliphatic heterocycles. The van der Waals surface area contributed by atoms with Crippen LogP contribution in [0.1, 0.15) is 18.1 Å². The second-order valence-electron chi connectivity index (χ2n) is 6.49. The summed E-state index contributed by atoms with van der Waals surface area (Å²) in [4.78, 5) is 24.1. The topological polar surface area (TPSA) is 61.4 Å². The highest BCUT2D eigenvalue weighted by Gasteiger charge is 2.19. The molecule has 0 radical (unpaired) electrons. The molecular formula is C19H24ClN5O. The Kier molecular flexibility index (Phi) is 6.41. The summed E-state index contributed by atoms with van der Waals surface area (Å²) in [7, 11) is 0. The highest BCUT2D eigenvalue weighted by Crippen LogP contribution is 2.15. The van der Waals surface area contributed by atoms with Crippen molar-refractivity contribution in [3.63, 3.8) is 0 Å². The molecular weight excluding hydrogens is 350 g/mol. The van der Waals surface area contributed by atoms with E-state index < -0.39 is 0 Å². The molecule has 0 spiro atoms. The van der Waals surface area contributed by atoms with Gasteiger partial charge in [-0.05, 0) is 23.6 Å². The van der Waals surface area contributed by atoms with Gasteiger partial charge >= 0.3 is 0 Å². The third-order valence-corrected chi connectivity index (χ3v) is 4.69. The molecule has 6 nitrogen and oxygen atoms in total. The highest BCUT2D eigenvalue weighted by molar-refractivity contribution is 6.29. The second kappa shape index (κ2) is 8.96. The molecule has 3 rings (SSSR count). The van der Waals surface area contributed by atoms with Gasteiger partial charge in [0.25, 0.3) is 0 Å². The molecule has 1 N–H and O–H groups in total. The predicted octanol–water partition coefficient (Wildman–Crippen LogP) is 2.13. The summed E-state index contributed by atoms with van der Waals surface area (Å²) in [5.74, 6) is 0.726. The second-order valence-corrected chi connectivity index (χ2v) is 6.88. The molecule has 2 heterocycles. The number of aromatic nitrogens is 2. The number of hydrogen-bond acceptors (Lipinski definition) is 5. The van der Waals surface area contributed by atoms with Gasteiger partial charge in [0.15, 0.2) is 0 Å². The fourth-order valence-corrected chi connectivity index (χ4v) is 3.17. The van der Waals surface area contributed by atoms with E-state index >= 15 is 0 Å². The fourth-order valence-electron chi connectivity index (χ4n) is 3.04. The zero-order valence-electron chi connectivity index (χ0n) is 15.0. The van der Waals surface area contributed by atoms with Crippen LogP contribution in [0.4, 0.5) is 5.95 Å². The first-order chi connectivity index (χ1) is 12.6. The third-order valence-electron chi connectivity index (χ3n) is 4.48. The lowest BCUT2D eigenvalue weighted by Gasteiger charge is -2.34. The van der Waals surface area contributed by atoms with Crippen LogP contribution in [-0.4, -0.2) is 53.5 Å². The van der Waals surface area contributed by atoms with Crippen LogP contribution in [-0.2, 0) is 17.8 Å². The normalized spacial score (nSPS) is 15.1. The van der Waals surface area contributed by atoms with Crippen LogP contribution in [0.3, 0.4) is 0 Å². The molecule has 0 saturated carbocycles. The maximum absolute atomic E-state index is 10.9. The number of rotatable bonds is 6. The Hall–Kier alpha value is -2.18. The minimum atomic E-state index is 0.0175. The zero-order valence-corrected chi connectivity index (χ0v) is 15.7. The van der Waals surface area contributed by atoms with Gasteiger partial charge in [-0.3, -0.25) is 9.69 Å². The predicted molar refractivity (Wildman–Crippen MR) is 103 cm³/mol. The number of anilines is 1. The molecule has 1 aromatic carbocycles. The summed E-state index contributed by atoms with van der Waals surface area (Å²) < 4.78 is 0. The maximum Gasteiger partial charge on any atom is 0.226 e. The van der Waals surface area contributed by atoms with E-state index in [1.54, 1.807) is 19.2 Å². The number of hydrogen-bond donors (Lipinski definition) is 1. The first kappa shape index (κ1) is 18.6. The number of halogens is 1. The third kappa shape index (κ3) is 5.41. The molecule has 0 aliphatic carbocycles. The Morgan fingerprint density at radius 3 is 2.46 bits per heavy atom. The lowest BCUT2D eigenvalue weighted by Crippen LogP contribution is -2.46. The van der Waals surface area contributed by atoms with Crippen molar-refractivity contribution in [1.29, 1.82) is 0 Å². The van der Waals surface area contributed by atoms with E-state index in [4.69, 9.17) is 11.6 Å². The average molecular weight is 374 g/mol. The molecule has 1 saturated heterocycles. The van der Waals surface area contributed by atoms with E-state index in [2.05, 4.69) is 49.4 Å². The lowest BCUT2D eigenvalue weighted by molar-refractivity contribution is -0.118. The fraction of sp³-hybridized carbons (Fsp3) is 0.421. The van der Waals surface area contributed by atoms with Crippen LogP contribution in [0.25, 0.3) is 0 Å². The molecule has 138 valence electrons. The van der Waals surface area contributed by atoms with Crippen molar-refractivity contribution < 1.29 is 4.79 Å². The molecule has 0 bridgehead atoms. The van der Waals surface area contributed by atoms with Crippen LogP contribution in [0.5, 0.6) is 0 Å². The molecule has 1 fully saturated rings. The molecule has 0 atom stereocenters. The van der Waals surface area contributed by atoms with Gasteiger partial charge in [-0.15, -0.1) is 0 Å². The largest absolute Gasteiger partial charge is 0.356 e. The van der Waals surface area contributed by atoms with E-state index in [1.807, 2.05) is 0 Å². The monoisotopic (exact) mass is 373 g/mol. The van der Waals surface area contributed by atoms with Gasteiger partial charge in [-0.1, -0.05) is 35.9 Å². The molecule has 7 heteroatoms. The quantitative estimate of drug-likeness (QED) is 0.786. The van der Waals surface area contributed by atoms with E-state index in [9.17, 15) is 4.79 Å². The summed E-state index contributed by atoms with van der Waals surface area (Å²) in [5.41, 5.74) is 2.55. The summed E-state index contributed by atoms with van der Waals surface area (Å²) in [6, 6.07) is 10.3.